The molecule has 1 amide bonds. The van der Waals surface area contributed by atoms with Crippen molar-refractivity contribution >= 4 is 29.1 Å². The van der Waals surface area contributed by atoms with E-state index in [1.54, 1.807) is 31.4 Å². The molecule has 1 aliphatic rings. The maximum Gasteiger partial charge on any atom is 0.251 e. The molecular formula is C26H23Cl2N3O2. The smallest absolute Gasteiger partial charge is 0.251 e. The van der Waals surface area contributed by atoms with E-state index in [1.807, 2.05) is 48.5 Å². The Morgan fingerprint density at radius 1 is 0.970 bits per heavy atom. The van der Waals surface area contributed by atoms with Gasteiger partial charge in [0, 0.05) is 35.8 Å². The molecule has 1 saturated heterocycles. The zero-order valence-electron chi connectivity index (χ0n) is 18.0. The summed E-state index contributed by atoms with van der Waals surface area (Å²) in [5.74, 6) is -0.192. The second-order valence-electron chi connectivity index (χ2n) is 8.00. The molecule has 0 aromatic heterocycles. The van der Waals surface area contributed by atoms with E-state index in [-0.39, 0.29) is 24.1 Å². The van der Waals surface area contributed by atoms with Crippen molar-refractivity contribution < 1.29 is 9.53 Å². The SMILES string of the molecule is COC1CN(C(c2ccc(Cl)cc2)c2ccc(Cl)cc2)CC1NC(=O)c1ccc(C#N)cc1. The van der Waals surface area contributed by atoms with Gasteiger partial charge in [-0.1, -0.05) is 47.5 Å². The lowest BCUT2D eigenvalue weighted by Gasteiger charge is -2.29. The van der Waals surface area contributed by atoms with Gasteiger partial charge >= 0.3 is 0 Å². The molecule has 0 aliphatic carbocycles. The van der Waals surface area contributed by atoms with Crippen molar-refractivity contribution in [2.45, 2.75) is 18.2 Å². The van der Waals surface area contributed by atoms with Gasteiger partial charge in [-0.05, 0) is 59.7 Å². The second kappa shape index (κ2) is 10.4. The molecule has 0 bridgehead atoms. The van der Waals surface area contributed by atoms with Crippen LogP contribution in [0.2, 0.25) is 10.0 Å². The lowest BCUT2D eigenvalue weighted by atomic mass is 9.97. The molecule has 168 valence electrons. The molecule has 0 saturated carbocycles. The van der Waals surface area contributed by atoms with Crippen LogP contribution in [0.15, 0.2) is 72.8 Å². The van der Waals surface area contributed by atoms with Crippen molar-refractivity contribution in [2.75, 3.05) is 20.2 Å². The first kappa shape index (κ1) is 23.3. The summed E-state index contributed by atoms with van der Waals surface area (Å²) in [5.41, 5.74) is 3.21. The number of nitrogens with zero attached hydrogens (tertiary/aromatic N) is 2. The first-order valence-electron chi connectivity index (χ1n) is 10.6. The molecule has 2 unspecified atom stereocenters. The average Bonchev–Trinajstić information content (AvgIpc) is 3.23. The van der Waals surface area contributed by atoms with Gasteiger partial charge in [-0.15, -0.1) is 0 Å². The van der Waals surface area contributed by atoms with Gasteiger partial charge in [0.1, 0.15) is 0 Å². The molecule has 2 atom stereocenters. The van der Waals surface area contributed by atoms with E-state index in [0.717, 1.165) is 11.1 Å². The zero-order chi connectivity index (χ0) is 23.4. The summed E-state index contributed by atoms with van der Waals surface area (Å²) in [6.07, 6.45) is -0.172. The third-order valence-electron chi connectivity index (χ3n) is 5.93. The first-order chi connectivity index (χ1) is 16.0. The summed E-state index contributed by atoms with van der Waals surface area (Å²) < 4.78 is 5.75. The van der Waals surface area contributed by atoms with Crippen LogP contribution in [-0.4, -0.2) is 43.2 Å². The van der Waals surface area contributed by atoms with Gasteiger partial charge in [0.2, 0.25) is 0 Å². The Morgan fingerprint density at radius 2 is 1.52 bits per heavy atom. The highest BCUT2D eigenvalue weighted by Crippen LogP contribution is 2.33. The lowest BCUT2D eigenvalue weighted by molar-refractivity contribution is 0.0753. The van der Waals surface area contributed by atoms with Crippen LogP contribution in [0.3, 0.4) is 0 Å². The molecule has 0 spiro atoms. The number of carbonyl (C=O) groups is 1. The fourth-order valence-electron chi connectivity index (χ4n) is 4.24. The van der Waals surface area contributed by atoms with E-state index in [2.05, 4.69) is 16.3 Å². The first-order valence-corrected chi connectivity index (χ1v) is 11.3. The number of nitriles is 1. The highest BCUT2D eigenvalue weighted by molar-refractivity contribution is 6.30. The van der Waals surface area contributed by atoms with Crippen LogP contribution < -0.4 is 5.32 Å². The lowest BCUT2D eigenvalue weighted by Crippen LogP contribution is -2.43. The minimum atomic E-state index is -0.194. The highest BCUT2D eigenvalue weighted by Gasteiger charge is 2.38. The number of hydrogen-bond donors (Lipinski definition) is 1. The Morgan fingerprint density at radius 3 is 2.00 bits per heavy atom. The third kappa shape index (κ3) is 5.38. The predicted octanol–water partition coefficient (Wildman–Crippen LogP) is 5.08. The summed E-state index contributed by atoms with van der Waals surface area (Å²) in [6.45, 7) is 1.25. The molecule has 4 rings (SSSR count). The van der Waals surface area contributed by atoms with Crippen molar-refractivity contribution in [3.63, 3.8) is 0 Å². The van der Waals surface area contributed by atoms with Gasteiger partial charge in [-0.25, -0.2) is 0 Å². The molecule has 1 heterocycles. The largest absolute Gasteiger partial charge is 0.378 e. The van der Waals surface area contributed by atoms with E-state index in [9.17, 15) is 4.79 Å². The fourth-order valence-corrected chi connectivity index (χ4v) is 4.50. The topological polar surface area (TPSA) is 65.4 Å². The number of nitrogens with one attached hydrogen (secondary N) is 1. The zero-order valence-corrected chi connectivity index (χ0v) is 19.6. The number of hydrogen-bond acceptors (Lipinski definition) is 4. The second-order valence-corrected chi connectivity index (χ2v) is 8.88. The maximum absolute atomic E-state index is 12.9. The molecular weight excluding hydrogens is 457 g/mol. The van der Waals surface area contributed by atoms with Gasteiger partial charge in [0.05, 0.1) is 29.8 Å². The van der Waals surface area contributed by atoms with Crippen LogP contribution in [0.1, 0.15) is 33.1 Å². The highest BCUT2D eigenvalue weighted by atomic mass is 35.5. The van der Waals surface area contributed by atoms with Crippen molar-refractivity contribution in [1.29, 1.82) is 5.26 Å². The van der Waals surface area contributed by atoms with Gasteiger partial charge in [-0.2, -0.15) is 5.26 Å². The van der Waals surface area contributed by atoms with Crippen LogP contribution in [0.5, 0.6) is 0 Å². The van der Waals surface area contributed by atoms with E-state index in [0.29, 0.717) is 34.3 Å². The van der Waals surface area contributed by atoms with Crippen molar-refractivity contribution in [2.24, 2.45) is 0 Å². The standard InChI is InChI=1S/C26H23Cl2N3O2/c1-33-24-16-31(15-23(24)30-26(32)20-4-2-17(14-29)3-5-20)25(18-6-10-21(27)11-7-18)19-8-12-22(28)13-9-19/h2-13,23-25H,15-16H2,1H3,(H,30,32). The van der Waals surface area contributed by atoms with E-state index < -0.39 is 0 Å². The molecule has 33 heavy (non-hydrogen) atoms. The van der Waals surface area contributed by atoms with E-state index >= 15 is 0 Å². The number of amides is 1. The summed E-state index contributed by atoms with van der Waals surface area (Å²) >= 11 is 12.3. The van der Waals surface area contributed by atoms with Gasteiger partial charge in [0.25, 0.3) is 5.91 Å². The number of rotatable bonds is 6. The number of likely N-dealkylation sites (tertiary alicyclic amines) is 1. The minimum absolute atomic E-state index is 0.0472. The van der Waals surface area contributed by atoms with E-state index in [1.165, 1.54) is 0 Å². The predicted molar refractivity (Wildman–Crippen MR) is 130 cm³/mol. The number of carbonyl (C=O) groups excluding carboxylic acids is 1. The number of ether oxygens (including phenoxy) is 1. The number of halogens is 2. The van der Waals surface area contributed by atoms with Crippen LogP contribution in [0.4, 0.5) is 0 Å². The quantitative estimate of drug-likeness (QED) is 0.534. The van der Waals surface area contributed by atoms with Crippen LogP contribution in [0.25, 0.3) is 0 Å². The Balaban J connectivity index is 1.58. The molecule has 5 nitrogen and oxygen atoms in total. The molecule has 1 fully saturated rings. The molecule has 3 aromatic carbocycles. The monoisotopic (exact) mass is 479 g/mol. The minimum Gasteiger partial charge on any atom is -0.378 e. The average molecular weight is 480 g/mol. The molecule has 3 aromatic rings. The summed E-state index contributed by atoms with van der Waals surface area (Å²) in [7, 11) is 1.66. The maximum atomic E-state index is 12.9. The normalized spacial score (nSPS) is 18.3. The molecule has 0 radical (unpaired) electrons. The summed E-state index contributed by atoms with van der Waals surface area (Å²) in [4.78, 5) is 15.2. The Bertz CT molecular complexity index is 1100. The summed E-state index contributed by atoms with van der Waals surface area (Å²) in [6, 6.07) is 24.0. The van der Waals surface area contributed by atoms with Crippen molar-refractivity contribution in [1.82, 2.24) is 10.2 Å². The van der Waals surface area contributed by atoms with Crippen LogP contribution in [0, 0.1) is 11.3 Å². The third-order valence-corrected chi connectivity index (χ3v) is 6.43. The Kier molecular flexibility index (Phi) is 7.32. The molecule has 1 aliphatic heterocycles. The Hall–Kier alpha value is -2.88. The number of benzene rings is 3. The van der Waals surface area contributed by atoms with Crippen LogP contribution >= 0.6 is 23.2 Å². The fraction of sp³-hybridized carbons (Fsp3) is 0.231. The molecule has 1 N–H and O–H groups in total. The van der Waals surface area contributed by atoms with Gasteiger partial charge in [0.15, 0.2) is 0 Å². The van der Waals surface area contributed by atoms with Gasteiger partial charge in [-0.3, -0.25) is 9.69 Å². The molecule has 7 heteroatoms. The number of methoxy groups -OCH3 is 1. The summed E-state index contributed by atoms with van der Waals surface area (Å²) in [5, 5.41) is 13.4. The van der Waals surface area contributed by atoms with E-state index in [4.69, 9.17) is 33.2 Å². The van der Waals surface area contributed by atoms with Crippen LogP contribution in [-0.2, 0) is 4.74 Å². The van der Waals surface area contributed by atoms with Crippen molar-refractivity contribution in [3.8, 4) is 6.07 Å². The Labute approximate surface area is 203 Å². The van der Waals surface area contributed by atoms with Gasteiger partial charge < -0.3 is 10.1 Å². The van der Waals surface area contributed by atoms with Crippen molar-refractivity contribution in [3.05, 3.63) is 105 Å².